The molecule has 0 saturated carbocycles. The Kier molecular flexibility index (Phi) is 5.58. The Hall–Kier alpha value is -3.42. The molecule has 0 aliphatic heterocycles. The summed E-state index contributed by atoms with van der Waals surface area (Å²) in [6, 6.07) is 9.51. The minimum absolute atomic E-state index is 0.149. The van der Waals surface area contributed by atoms with Gasteiger partial charge in [0.15, 0.2) is 5.56 Å². The Morgan fingerprint density at radius 2 is 1.93 bits per heavy atom. The van der Waals surface area contributed by atoms with Crippen molar-refractivity contribution in [2.75, 3.05) is 5.32 Å². The van der Waals surface area contributed by atoms with Crippen LogP contribution >= 0.6 is 0 Å². The van der Waals surface area contributed by atoms with Gasteiger partial charge in [-0.1, -0.05) is 36.7 Å². The number of carbonyl (C=O) groups is 2. The lowest BCUT2D eigenvalue weighted by atomic mass is 10.1. The number of nitrogens with one attached hydrogen (secondary N) is 1. The molecule has 0 unspecified atom stereocenters. The maximum Gasteiger partial charge on any atom is 0.343 e. The molecule has 0 radical (unpaired) electrons. The summed E-state index contributed by atoms with van der Waals surface area (Å²) in [4.78, 5) is 23.9. The van der Waals surface area contributed by atoms with E-state index in [2.05, 4.69) is 15.6 Å². The van der Waals surface area contributed by atoms with Crippen LogP contribution in [0.15, 0.2) is 34.9 Å². The topological polar surface area (TPSA) is 110 Å². The monoisotopic (exact) mass is 382 g/mol. The van der Waals surface area contributed by atoms with Crippen LogP contribution in [0.4, 0.5) is 5.88 Å². The number of aromatic nitrogens is 3. The number of amides is 1. The number of benzene rings is 1. The third-order valence-electron chi connectivity index (χ3n) is 4.45. The van der Waals surface area contributed by atoms with E-state index in [1.807, 2.05) is 44.2 Å². The van der Waals surface area contributed by atoms with Crippen LogP contribution in [0.25, 0.3) is 16.9 Å². The molecule has 2 heterocycles. The number of rotatable bonds is 7. The summed E-state index contributed by atoms with van der Waals surface area (Å²) in [7, 11) is 0. The third-order valence-corrected chi connectivity index (χ3v) is 4.45. The van der Waals surface area contributed by atoms with Crippen molar-refractivity contribution in [3.63, 3.8) is 0 Å². The second kappa shape index (κ2) is 8.08. The summed E-state index contributed by atoms with van der Waals surface area (Å²) in [6.07, 6.45) is 1.85. The van der Waals surface area contributed by atoms with E-state index in [4.69, 9.17) is 4.52 Å². The van der Waals surface area contributed by atoms with E-state index >= 15 is 0 Å². The van der Waals surface area contributed by atoms with Gasteiger partial charge in [-0.25, -0.2) is 9.48 Å². The smallest absolute Gasteiger partial charge is 0.343 e. The molecule has 3 aromatic rings. The van der Waals surface area contributed by atoms with Crippen LogP contribution in [0.1, 0.15) is 47.9 Å². The molecule has 1 amide bonds. The van der Waals surface area contributed by atoms with E-state index in [1.54, 1.807) is 11.6 Å². The van der Waals surface area contributed by atoms with E-state index in [9.17, 15) is 14.7 Å². The molecule has 146 valence electrons. The highest BCUT2D eigenvalue weighted by atomic mass is 16.5. The Morgan fingerprint density at radius 3 is 2.57 bits per heavy atom. The van der Waals surface area contributed by atoms with Crippen molar-refractivity contribution in [2.45, 2.75) is 40.0 Å². The summed E-state index contributed by atoms with van der Waals surface area (Å²) >= 11 is 0. The molecule has 0 spiro atoms. The number of aryl methyl sites for hydroxylation is 1. The molecular formula is C20H22N4O4. The Balaban J connectivity index is 2.04. The number of anilines is 1. The zero-order chi connectivity index (χ0) is 20.3. The minimum Gasteiger partial charge on any atom is -0.477 e. The highest BCUT2D eigenvalue weighted by Gasteiger charge is 2.29. The molecule has 0 bridgehead atoms. The Bertz CT molecular complexity index is 1000. The number of carboxylic acids is 1. The maximum atomic E-state index is 12.0. The lowest BCUT2D eigenvalue weighted by Crippen LogP contribution is -2.13. The standard InChI is InChI=1S/C20H22N4O4/c1-4-5-11-15(25)21-19-17(20(26)27)18(23-28-19)16-12(2)22-24(13(16)3)14-9-7-6-8-10-14/h6-10H,4-5,11H2,1-3H3,(H,21,25)(H,26,27). The number of carbonyl (C=O) groups excluding carboxylic acids is 1. The zero-order valence-corrected chi connectivity index (χ0v) is 16.0. The van der Waals surface area contributed by atoms with Crippen molar-refractivity contribution in [2.24, 2.45) is 0 Å². The van der Waals surface area contributed by atoms with E-state index < -0.39 is 5.97 Å². The fourth-order valence-electron chi connectivity index (χ4n) is 3.08. The molecule has 2 N–H and O–H groups in total. The van der Waals surface area contributed by atoms with Crippen molar-refractivity contribution in [1.29, 1.82) is 0 Å². The first kappa shape index (κ1) is 19.3. The molecule has 0 aliphatic rings. The molecule has 28 heavy (non-hydrogen) atoms. The van der Waals surface area contributed by atoms with Gasteiger partial charge >= 0.3 is 5.97 Å². The molecule has 0 atom stereocenters. The lowest BCUT2D eigenvalue weighted by molar-refractivity contribution is -0.116. The van der Waals surface area contributed by atoms with Crippen molar-refractivity contribution in [3.8, 4) is 16.9 Å². The van der Waals surface area contributed by atoms with Gasteiger partial charge in [-0.2, -0.15) is 5.10 Å². The fraction of sp³-hybridized carbons (Fsp3) is 0.300. The van der Waals surface area contributed by atoms with Gasteiger partial charge in [-0.05, 0) is 32.4 Å². The van der Waals surface area contributed by atoms with Gasteiger partial charge in [0, 0.05) is 12.0 Å². The van der Waals surface area contributed by atoms with Gasteiger partial charge in [0.2, 0.25) is 11.8 Å². The van der Waals surface area contributed by atoms with Gasteiger partial charge in [0.05, 0.1) is 17.1 Å². The van der Waals surface area contributed by atoms with E-state index in [1.165, 1.54) is 0 Å². The molecule has 0 aliphatic carbocycles. The van der Waals surface area contributed by atoms with Crippen LogP contribution in [0.2, 0.25) is 0 Å². The molecule has 8 nitrogen and oxygen atoms in total. The van der Waals surface area contributed by atoms with Gasteiger partial charge in [-0.15, -0.1) is 0 Å². The summed E-state index contributed by atoms with van der Waals surface area (Å²) in [5.74, 6) is -1.69. The number of para-hydroxylation sites is 1. The predicted molar refractivity (Wildman–Crippen MR) is 104 cm³/mol. The largest absolute Gasteiger partial charge is 0.477 e. The predicted octanol–water partition coefficient (Wildman–Crippen LogP) is 3.97. The zero-order valence-electron chi connectivity index (χ0n) is 16.0. The van der Waals surface area contributed by atoms with E-state index in [-0.39, 0.29) is 29.5 Å². The molecule has 1 aromatic carbocycles. The second-order valence-electron chi connectivity index (χ2n) is 6.49. The maximum absolute atomic E-state index is 12.0. The summed E-state index contributed by atoms with van der Waals surface area (Å²) in [6.45, 7) is 5.59. The quantitative estimate of drug-likeness (QED) is 0.640. The lowest BCUT2D eigenvalue weighted by Gasteiger charge is -2.05. The number of hydrogen-bond acceptors (Lipinski definition) is 5. The van der Waals surface area contributed by atoms with Crippen LogP contribution in [-0.2, 0) is 4.79 Å². The molecule has 8 heteroatoms. The second-order valence-corrected chi connectivity index (χ2v) is 6.49. The van der Waals surface area contributed by atoms with Crippen LogP contribution in [0.3, 0.4) is 0 Å². The SMILES string of the molecule is CCCCC(=O)Nc1onc(-c2c(C)nn(-c3ccccc3)c2C)c1C(=O)O. The van der Waals surface area contributed by atoms with Gasteiger partial charge in [-0.3, -0.25) is 10.1 Å². The van der Waals surface area contributed by atoms with Crippen LogP contribution < -0.4 is 5.32 Å². The highest BCUT2D eigenvalue weighted by Crippen LogP contribution is 2.34. The summed E-state index contributed by atoms with van der Waals surface area (Å²) in [5, 5.41) is 20.7. The average molecular weight is 382 g/mol. The highest BCUT2D eigenvalue weighted by molar-refractivity contribution is 6.03. The number of nitrogens with zero attached hydrogens (tertiary/aromatic N) is 3. The van der Waals surface area contributed by atoms with Crippen molar-refractivity contribution < 1.29 is 19.2 Å². The molecule has 0 fully saturated rings. The molecular weight excluding hydrogens is 360 g/mol. The van der Waals surface area contributed by atoms with E-state index in [0.717, 1.165) is 17.8 Å². The van der Waals surface area contributed by atoms with Crippen molar-refractivity contribution in [3.05, 3.63) is 47.3 Å². The van der Waals surface area contributed by atoms with E-state index in [0.29, 0.717) is 17.7 Å². The molecule has 0 saturated heterocycles. The van der Waals surface area contributed by atoms with Gasteiger partial charge in [0.1, 0.15) is 5.69 Å². The normalized spacial score (nSPS) is 10.8. The fourth-order valence-corrected chi connectivity index (χ4v) is 3.08. The first-order valence-corrected chi connectivity index (χ1v) is 9.08. The Morgan fingerprint density at radius 1 is 1.21 bits per heavy atom. The van der Waals surface area contributed by atoms with Crippen LogP contribution in [0.5, 0.6) is 0 Å². The van der Waals surface area contributed by atoms with Crippen LogP contribution in [-0.4, -0.2) is 31.9 Å². The molecule has 3 rings (SSSR count). The van der Waals surface area contributed by atoms with Gasteiger partial charge in [0.25, 0.3) is 0 Å². The average Bonchev–Trinajstić information content (AvgIpc) is 3.20. The summed E-state index contributed by atoms with van der Waals surface area (Å²) < 4.78 is 6.91. The van der Waals surface area contributed by atoms with Crippen LogP contribution in [0, 0.1) is 13.8 Å². The van der Waals surface area contributed by atoms with Crippen molar-refractivity contribution in [1.82, 2.24) is 14.9 Å². The number of aromatic carboxylic acids is 1. The van der Waals surface area contributed by atoms with Crippen molar-refractivity contribution >= 4 is 17.8 Å². The molecule has 2 aromatic heterocycles. The first-order valence-electron chi connectivity index (χ1n) is 9.08. The minimum atomic E-state index is -1.23. The Labute approximate surface area is 162 Å². The number of carboxylic acid groups (broad SMARTS) is 1. The number of hydrogen-bond donors (Lipinski definition) is 2. The van der Waals surface area contributed by atoms with Gasteiger partial charge < -0.3 is 9.63 Å². The third kappa shape index (κ3) is 3.66. The number of unbranched alkanes of at least 4 members (excludes halogenated alkanes) is 1. The summed E-state index contributed by atoms with van der Waals surface area (Å²) in [5.41, 5.74) is 2.73. The first-order chi connectivity index (χ1) is 13.4.